The highest BCUT2D eigenvalue weighted by molar-refractivity contribution is 6.32. The largest absolute Gasteiger partial charge is 0.573 e. The topological polar surface area (TPSA) is 107 Å². The molecular weight excluding hydrogens is 668 g/mol. The standard InChI is InChI=1S/C36H33ClF4N2O6/c1-21(2)43-29(15-14-26(44)18-27(45)19-31(46)48-3)32(24-10-12-25(38)13-11-24)33(23-7-5-4-6-8-23)34(43)35(47)42-20-22-9-16-30(28(37)17-22)49-36(39,40)41/h4-17,21,27,45H,18-20H2,1-3H3,(H,42,47)/b15-14+/t27-/m1/s1. The summed E-state index contributed by atoms with van der Waals surface area (Å²) in [6, 6.07) is 17.9. The first-order chi connectivity index (χ1) is 23.2. The van der Waals surface area contributed by atoms with Gasteiger partial charge in [0.05, 0.1) is 30.4 Å². The second-order valence-electron chi connectivity index (χ2n) is 11.3. The number of benzene rings is 3. The number of ether oxygens (including phenoxy) is 2. The quantitative estimate of drug-likeness (QED) is 0.0834. The molecule has 258 valence electrons. The number of hydrogen-bond acceptors (Lipinski definition) is 6. The number of ketones is 1. The number of carbonyl (C=O) groups excluding carboxylic acids is 3. The number of aliphatic hydroxyl groups excluding tert-OH is 1. The number of aromatic nitrogens is 1. The summed E-state index contributed by atoms with van der Waals surface area (Å²) in [5, 5.41) is 12.7. The van der Waals surface area contributed by atoms with E-state index in [1.165, 1.54) is 43.5 Å². The Kier molecular flexibility index (Phi) is 12.0. The van der Waals surface area contributed by atoms with Crippen molar-refractivity contribution in [1.29, 1.82) is 0 Å². The molecule has 0 radical (unpaired) electrons. The predicted octanol–water partition coefficient (Wildman–Crippen LogP) is 7.92. The Morgan fingerprint density at radius 2 is 1.61 bits per heavy atom. The van der Waals surface area contributed by atoms with Crippen LogP contribution in [0, 0.1) is 5.82 Å². The molecule has 49 heavy (non-hydrogen) atoms. The van der Waals surface area contributed by atoms with Gasteiger partial charge in [0.25, 0.3) is 5.91 Å². The van der Waals surface area contributed by atoms with Crippen LogP contribution in [0.25, 0.3) is 28.3 Å². The van der Waals surface area contributed by atoms with E-state index in [1.54, 1.807) is 47.0 Å². The molecule has 0 saturated carbocycles. The lowest BCUT2D eigenvalue weighted by Crippen LogP contribution is -2.27. The van der Waals surface area contributed by atoms with Gasteiger partial charge in [0.15, 0.2) is 5.78 Å². The molecule has 0 aliphatic carbocycles. The molecule has 0 aliphatic rings. The zero-order chi connectivity index (χ0) is 35.9. The minimum absolute atomic E-state index is 0.115. The van der Waals surface area contributed by atoms with Gasteiger partial charge >= 0.3 is 12.3 Å². The van der Waals surface area contributed by atoms with Gasteiger partial charge in [-0.15, -0.1) is 13.2 Å². The van der Waals surface area contributed by atoms with E-state index in [1.807, 2.05) is 13.8 Å². The lowest BCUT2D eigenvalue weighted by molar-refractivity contribution is -0.274. The number of nitrogens with one attached hydrogen (secondary N) is 1. The van der Waals surface area contributed by atoms with Crippen LogP contribution < -0.4 is 10.1 Å². The third kappa shape index (κ3) is 9.58. The van der Waals surface area contributed by atoms with Gasteiger partial charge in [-0.25, -0.2) is 4.39 Å². The summed E-state index contributed by atoms with van der Waals surface area (Å²) >= 11 is 6.02. The van der Waals surface area contributed by atoms with Crippen molar-refractivity contribution in [2.45, 2.75) is 51.7 Å². The number of halogens is 5. The first kappa shape index (κ1) is 36.9. The molecule has 0 saturated heterocycles. The van der Waals surface area contributed by atoms with Crippen molar-refractivity contribution in [3.8, 4) is 28.0 Å². The molecule has 4 aromatic rings. The maximum atomic E-state index is 14.2. The van der Waals surface area contributed by atoms with E-state index >= 15 is 0 Å². The third-order valence-corrected chi connectivity index (χ3v) is 7.63. The predicted molar refractivity (Wildman–Crippen MR) is 176 cm³/mol. The first-order valence-corrected chi connectivity index (χ1v) is 15.4. The van der Waals surface area contributed by atoms with Crippen LogP contribution in [-0.4, -0.2) is 46.9 Å². The smallest absolute Gasteiger partial charge is 0.469 e. The van der Waals surface area contributed by atoms with Gasteiger partial charge in [0, 0.05) is 30.1 Å². The molecular formula is C36H33ClF4N2O6. The molecule has 4 rings (SSSR count). The van der Waals surface area contributed by atoms with E-state index in [9.17, 15) is 37.1 Å². The molecule has 1 aromatic heterocycles. The number of methoxy groups -OCH3 is 1. The molecule has 2 N–H and O–H groups in total. The highest BCUT2D eigenvalue weighted by Gasteiger charge is 2.32. The van der Waals surface area contributed by atoms with Gasteiger partial charge in [-0.1, -0.05) is 60.1 Å². The summed E-state index contributed by atoms with van der Waals surface area (Å²) in [6.45, 7) is 3.55. The number of carbonyl (C=O) groups is 3. The van der Waals surface area contributed by atoms with Crippen LogP contribution in [-0.2, 0) is 20.9 Å². The Morgan fingerprint density at radius 1 is 0.959 bits per heavy atom. The zero-order valence-electron chi connectivity index (χ0n) is 26.7. The molecule has 0 unspecified atom stereocenters. The van der Waals surface area contributed by atoms with Crippen LogP contribution in [0.15, 0.2) is 78.9 Å². The van der Waals surface area contributed by atoms with Crippen LogP contribution in [0.5, 0.6) is 5.75 Å². The van der Waals surface area contributed by atoms with Crippen molar-refractivity contribution in [1.82, 2.24) is 9.88 Å². The zero-order valence-corrected chi connectivity index (χ0v) is 27.4. The van der Waals surface area contributed by atoms with Crippen molar-refractivity contribution in [3.63, 3.8) is 0 Å². The minimum atomic E-state index is -4.93. The van der Waals surface area contributed by atoms with Crippen LogP contribution in [0.2, 0.25) is 5.02 Å². The van der Waals surface area contributed by atoms with Crippen LogP contribution in [0.3, 0.4) is 0 Å². The second-order valence-corrected chi connectivity index (χ2v) is 11.7. The number of esters is 1. The number of amides is 1. The average Bonchev–Trinajstić information content (AvgIpc) is 3.39. The summed E-state index contributed by atoms with van der Waals surface area (Å²) in [7, 11) is 1.17. The molecule has 1 amide bonds. The van der Waals surface area contributed by atoms with Crippen molar-refractivity contribution < 1.29 is 46.5 Å². The molecule has 0 fully saturated rings. The Hall–Kier alpha value is -4.94. The number of nitrogens with zero attached hydrogens (tertiary/aromatic N) is 1. The van der Waals surface area contributed by atoms with Crippen molar-refractivity contribution >= 4 is 35.3 Å². The number of allylic oxidation sites excluding steroid dienone is 1. The van der Waals surface area contributed by atoms with Crippen molar-refractivity contribution in [2.75, 3.05) is 7.11 Å². The summed E-state index contributed by atoms with van der Waals surface area (Å²) in [6.07, 6.45) is -4.20. The van der Waals surface area contributed by atoms with E-state index in [0.717, 1.165) is 6.07 Å². The van der Waals surface area contributed by atoms with Crippen LogP contribution in [0.4, 0.5) is 17.6 Å². The first-order valence-electron chi connectivity index (χ1n) is 15.1. The average molecular weight is 701 g/mol. The highest BCUT2D eigenvalue weighted by atomic mass is 35.5. The third-order valence-electron chi connectivity index (χ3n) is 7.34. The van der Waals surface area contributed by atoms with Gasteiger partial charge in [-0.2, -0.15) is 0 Å². The molecule has 8 nitrogen and oxygen atoms in total. The fourth-order valence-corrected chi connectivity index (χ4v) is 5.51. The summed E-state index contributed by atoms with van der Waals surface area (Å²) < 4.78 is 62.5. The Morgan fingerprint density at radius 3 is 2.20 bits per heavy atom. The van der Waals surface area contributed by atoms with E-state index in [-0.39, 0.29) is 36.1 Å². The Balaban J connectivity index is 1.83. The molecule has 1 heterocycles. The Labute approximate surface area is 284 Å². The molecule has 1 atom stereocenters. The minimum Gasteiger partial charge on any atom is -0.469 e. The second kappa shape index (κ2) is 16.0. The maximum absolute atomic E-state index is 14.2. The SMILES string of the molecule is COC(=O)C[C@H](O)CC(=O)/C=C/c1c(-c2ccc(F)cc2)c(-c2ccccc2)c(C(=O)NCc2ccc(OC(F)(F)F)c(Cl)c2)n1C(C)C. The number of hydrogen-bond donors (Lipinski definition) is 2. The van der Waals surface area contributed by atoms with Crippen LogP contribution >= 0.6 is 11.6 Å². The summed E-state index contributed by atoms with van der Waals surface area (Å²) in [4.78, 5) is 38.7. The Bertz CT molecular complexity index is 1840. The lowest BCUT2D eigenvalue weighted by Gasteiger charge is -2.17. The molecule has 0 spiro atoms. The fourth-order valence-electron chi connectivity index (χ4n) is 5.27. The fraction of sp³-hybridized carbons (Fsp3) is 0.250. The van der Waals surface area contributed by atoms with E-state index in [4.69, 9.17) is 11.6 Å². The molecule has 3 aromatic carbocycles. The monoisotopic (exact) mass is 700 g/mol. The highest BCUT2D eigenvalue weighted by Crippen LogP contribution is 2.42. The van der Waals surface area contributed by atoms with Crippen LogP contribution in [0.1, 0.15) is 54.5 Å². The van der Waals surface area contributed by atoms with Gasteiger partial charge in [0.1, 0.15) is 17.3 Å². The molecule has 13 heteroatoms. The number of aliphatic hydroxyl groups is 1. The van der Waals surface area contributed by atoms with E-state index in [0.29, 0.717) is 33.5 Å². The number of rotatable bonds is 13. The van der Waals surface area contributed by atoms with E-state index < -0.39 is 41.7 Å². The maximum Gasteiger partial charge on any atom is 0.573 e. The van der Waals surface area contributed by atoms with Gasteiger partial charge in [-0.3, -0.25) is 14.4 Å². The number of alkyl halides is 3. The van der Waals surface area contributed by atoms with Crippen molar-refractivity contribution in [3.05, 3.63) is 107 Å². The molecule has 0 aliphatic heterocycles. The van der Waals surface area contributed by atoms with E-state index in [2.05, 4.69) is 14.8 Å². The molecule has 0 bridgehead atoms. The lowest BCUT2D eigenvalue weighted by atomic mass is 9.94. The summed E-state index contributed by atoms with van der Waals surface area (Å²) in [5.74, 6) is -2.80. The normalized spacial score (nSPS) is 12.3. The van der Waals surface area contributed by atoms with Gasteiger partial charge < -0.3 is 24.5 Å². The van der Waals surface area contributed by atoms with Gasteiger partial charge in [0.2, 0.25) is 0 Å². The summed E-state index contributed by atoms with van der Waals surface area (Å²) in [5.41, 5.74) is 3.19. The van der Waals surface area contributed by atoms with Gasteiger partial charge in [-0.05, 0) is 67.0 Å². The van der Waals surface area contributed by atoms with Crippen molar-refractivity contribution in [2.24, 2.45) is 0 Å².